The van der Waals surface area contributed by atoms with Crippen LogP contribution < -0.4 is 11.1 Å². The second-order valence-electron chi connectivity index (χ2n) is 7.77. The van der Waals surface area contributed by atoms with Crippen LogP contribution in [-0.4, -0.2) is 23.1 Å². The maximum absolute atomic E-state index is 6.07. The number of nitrogen functional groups attached to an aromatic ring is 1. The van der Waals surface area contributed by atoms with Crippen LogP contribution in [-0.2, 0) is 0 Å². The largest absolute Gasteiger partial charge is 0.383 e. The molecule has 1 fully saturated rings. The van der Waals surface area contributed by atoms with E-state index < -0.39 is 0 Å². The van der Waals surface area contributed by atoms with Crippen LogP contribution in [0.5, 0.6) is 0 Å². The summed E-state index contributed by atoms with van der Waals surface area (Å²) in [6, 6.07) is 9.04. The molecule has 26 heavy (non-hydrogen) atoms. The fourth-order valence-electron chi connectivity index (χ4n) is 4.27. The summed E-state index contributed by atoms with van der Waals surface area (Å²) in [4.78, 5) is 7.89. The summed E-state index contributed by atoms with van der Waals surface area (Å²) in [5.74, 6) is 1.69. The van der Waals surface area contributed by atoms with Gasteiger partial charge in [-0.25, -0.2) is 4.98 Å². The normalized spacial score (nSPS) is 15.8. The summed E-state index contributed by atoms with van der Waals surface area (Å²) < 4.78 is 0. The van der Waals surface area contributed by atoms with E-state index in [1.165, 1.54) is 40.6 Å². The number of nitrogens with two attached hydrogens (primary N) is 1. The van der Waals surface area contributed by atoms with Crippen LogP contribution in [0, 0.1) is 6.92 Å². The van der Waals surface area contributed by atoms with Crippen molar-refractivity contribution in [3.63, 3.8) is 0 Å². The molecule has 0 radical (unpaired) electrons. The topological polar surface area (TPSA) is 66.7 Å². The van der Waals surface area contributed by atoms with E-state index >= 15 is 0 Å². The molecule has 1 aliphatic heterocycles. The highest BCUT2D eigenvalue weighted by Crippen LogP contribution is 2.39. The molecule has 0 saturated carbocycles. The number of nitrogens with zero attached hydrogens (tertiary/aromatic N) is 1. The zero-order chi connectivity index (χ0) is 18.3. The fourth-order valence-corrected chi connectivity index (χ4v) is 4.27. The third kappa shape index (κ3) is 2.88. The zero-order valence-electron chi connectivity index (χ0n) is 15.9. The van der Waals surface area contributed by atoms with Crippen LogP contribution in [0.1, 0.15) is 55.2 Å². The van der Waals surface area contributed by atoms with E-state index in [1.807, 2.05) is 6.92 Å². The molecule has 1 saturated heterocycles. The van der Waals surface area contributed by atoms with Crippen molar-refractivity contribution < 1.29 is 0 Å². The van der Waals surface area contributed by atoms with Crippen LogP contribution in [0.15, 0.2) is 30.5 Å². The van der Waals surface area contributed by atoms with Crippen molar-refractivity contribution in [3.8, 4) is 11.3 Å². The standard InChI is InChI=1S/C22H28N4/c1-13(2)20-18-12-16(15-6-9-24-10-7-15)4-5-19(18)26-21(20)17-8-11-25-22(23)14(17)3/h4-5,8,11-13,15,24,26H,6-7,9-10H2,1-3H3,(H2,23,25). The average Bonchev–Trinajstić information content (AvgIpc) is 3.03. The van der Waals surface area contributed by atoms with Gasteiger partial charge in [-0.3, -0.25) is 0 Å². The lowest BCUT2D eigenvalue weighted by molar-refractivity contribution is 0.460. The van der Waals surface area contributed by atoms with E-state index in [9.17, 15) is 0 Å². The third-order valence-corrected chi connectivity index (χ3v) is 5.76. The van der Waals surface area contributed by atoms with Crippen LogP contribution in [0.4, 0.5) is 5.82 Å². The van der Waals surface area contributed by atoms with Gasteiger partial charge in [0.1, 0.15) is 5.82 Å². The Balaban J connectivity index is 1.89. The minimum atomic E-state index is 0.427. The number of nitrogens with one attached hydrogen (secondary N) is 2. The van der Waals surface area contributed by atoms with E-state index in [2.05, 4.69) is 53.4 Å². The van der Waals surface area contributed by atoms with Crippen molar-refractivity contribution in [3.05, 3.63) is 47.2 Å². The SMILES string of the molecule is Cc1c(-c2[nH]c3ccc(C4CCNCC4)cc3c2C(C)C)ccnc1N. The molecule has 1 aliphatic rings. The lowest BCUT2D eigenvalue weighted by Crippen LogP contribution is -2.26. The Morgan fingerprint density at radius 2 is 1.92 bits per heavy atom. The van der Waals surface area contributed by atoms with E-state index in [0.29, 0.717) is 17.7 Å². The van der Waals surface area contributed by atoms with Gasteiger partial charge < -0.3 is 16.0 Å². The number of benzene rings is 1. The molecule has 1 aromatic carbocycles. The molecule has 0 atom stereocenters. The summed E-state index contributed by atoms with van der Waals surface area (Å²) >= 11 is 0. The van der Waals surface area contributed by atoms with Crippen molar-refractivity contribution >= 4 is 16.7 Å². The van der Waals surface area contributed by atoms with Crippen molar-refractivity contribution in [2.45, 2.75) is 45.4 Å². The third-order valence-electron chi connectivity index (χ3n) is 5.76. The van der Waals surface area contributed by atoms with E-state index in [0.717, 1.165) is 24.2 Å². The Morgan fingerprint density at radius 3 is 2.65 bits per heavy atom. The fraction of sp³-hybridized carbons (Fsp3) is 0.409. The van der Waals surface area contributed by atoms with Gasteiger partial charge in [0.05, 0.1) is 5.69 Å². The lowest BCUT2D eigenvalue weighted by Gasteiger charge is -2.23. The molecule has 136 valence electrons. The molecule has 4 rings (SSSR count). The molecule has 4 heteroatoms. The molecule has 0 unspecified atom stereocenters. The smallest absolute Gasteiger partial charge is 0.126 e. The van der Waals surface area contributed by atoms with Gasteiger partial charge in [0.15, 0.2) is 0 Å². The molecule has 3 aromatic rings. The summed E-state index contributed by atoms with van der Waals surface area (Å²) in [6.45, 7) is 8.82. The van der Waals surface area contributed by atoms with Gasteiger partial charge in [-0.15, -0.1) is 0 Å². The first-order valence-corrected chi connectivity index (χ1v) is 9.64. The Kier molecular flexibility index (Phi) is 4.45. The van der Waals surface area contributed by atoms with Crippen LogP contribution in [0.3, 0.4) is 0 Å². The first-order chi connectivity index (χ1) is 12.6. The molecule has 2 aromatic heterocycles. The first kappa shape index (κ1) is 17.1. The highest BCUT2D eigenvalue weighted by molar-refractivity contribution is 5.92. The Hall–Kier alpha value is -2.33. The molecule has 0 aliphatic carbocycles. The van der Waals surface area contributed by atoms with E-state index in [1.54, 1.807) is 6.20 Å². The minimum Gasteiger partial charge on any atom is -0.383 e. The second kappa shape index (κ2) is 6.76. The van der Waals surface area contributed by atoms with Crippen molar-refractivity contribution in [1.82, 2.24) is 15.3 Å². The highest BCUT2D eigenvalue weighted by atomic mass is 14.9. The number of aromatic amines is 1. The van der Waals surface area contributed by atoms with Crippen LogP contribution in [0.25, 0.3) is 22.2 Å². The number of anilines is 1. The van der Waals surface area contributed by atoms with Crippen molar-refractivity contribution in [2.24, 2.45) is 0 Å². The van der Waals surface area contributed by atoms with Crippen molar-refractivity contribution in [1.29, 1.82) is 0 Å². The summed E-state index contributed by atoms with van der Waals surface area (Å²) in [6.07, 6.45) is 4.24. The predicted molar refractivity (Wildman–Crippen MR) is 110 cm³/mol. The number of piperidine rings is 1. The van der Waals surface area contributed by atoms with Crippen LogP contribution >= 0.6 is 0 Å². The molecular weight excluding hydrogens is 320 g/mol. The van der Waals surface area contributed by atoms with E-state index in [4.69, 9.17) is 5.73 Å². The number of aromatic nitrogens is 2. The van der Waals surface area contributed by atoms with Gasteiger partial charge in [0, 0.05) is 28.2 Å². The molecule has 0 amide bonds. The van der Waals surface area contributed by atoms with Gasteiger partial charge >= 0.3 is 0 Å². The molecule has 0 spiro atoms. The maximum atomic E-state index is 6.07. The van der Waals surface area contributed by atoms with Gasteiger partial charge in [0.25, 0.3) is 0 Å². The second-order valence-corrected chi connectivity index (χ2v) is 7.77. The zero-order valence-corrected chi connectivity index (χ0v) is 15.9. The number of pyridine rings is 1. The molecule has 4 N–H and O–H groups in total. The molecule has 3 heterocycles. The number of fused-ring (bicyclic) bond motifs is 1. The predicted octanol–water partition coefficient (Wildman–Crippen LogP) is 4.71. The lowest BCUT2D eigenvalue weighted by atomic mass is 9.88. The van der Waals surface area contributed by atoms with E-state index in [-0.39, 0.29) is 0 Å². The summed E-state index contributed by atoms with van der Waals surface area (Å²) in [5.41, 5.74) is 13.5. The van der Waals surface area contributed by atoms with Gasteiger partial charge in [-0.1, -0.05) is 19.9 Å². The number of rotatable bonds is 3. The molecule has 0 bridgehead atoms. The van der Waals surface area contributed by atoms with Crippen LogP contribution in [0.2, 0.25) is 0 Å². The monoisotopic (exact) mass is 348 g/mol. The van der Waals surface area contributed by atoms with Gasteiger partial charge in [0.2, 0.25) is 0 Å². The Labute approximate surface area is 155 Å². The summed E-state index contributed by atoms with van der Waals surface area (Å²) in [5, 5.41) is 4.81. The number of H-pyrrole nitrogens is 1. The number of hydrogen-bond acceptors (Lipinski definition) is 3. The first-order valence-electron chi connectivity index (χ1n) is 9.64. The Morgan fingerprint density at radius 1 is 1.15 bits per heavy atom. The quantitative estimate of drug-likeness (QED) is 0.642. The van der Waals surface area contributed by atoms with Gasteiger partial charge in [-0.05, 0) is 74.0 Å². The maximum Gasteiger partial charge on any atom is 0.126 e. The van der Waals surface area contributed by atoms with Crippen molar-refractivity contribution in [2.75, 3.05) is 18.8 Å². The number of hydrogen-bond donors (Lipinski definition) is 3. The Bertz CT molecular complexity index is 933. The molecular formula is C22H28N4. The average molecular weight is 348 g/mol. The molecule has 4 nitrogen and oxygen atoms in total. The highest BCUT2D eigenvalue weighted by Gasteiger charge is 2.21. The minimum absolute atomic E-state index is 0.427. The van der Waals surface area contributed by atoms with Gasteiger partial charge in [-0.2, -0.15) is 0 Å². The summed E-state index contributed by atoms with van der Waals surface area (Å²) in [7, 11) is 0.